The van der Waals surface area contributed by atoms with E-state index in [4.69, 9.17) is 23.2 Å². The molecular weight excluding hydrogens is 444 g/mol. The Hall–Kier alpha value is -1.93. The minimum absolute atomic E-state index is 0.0582. The molecule has 0 spiro atoms. The van der Waals surface area contributed by atoms with Gasteiger partial charge in [0, 0.05) is 25.0 Å². The molecule has 0 radical (unpaired) electrons. The number of carboxylic acid groups (broad SMARTS) is 1. The third-order valence-electron chi connectivity index (χ3n) is 4.80. The third-order valence-corrected chi connectivity index (χ3v) is 5.54. The van der Waals surface area contributed by atoms with Gasteiger partial charge in [-0.25, -0.2) is 4.79 Å². The number of alkyl halides is 3. The van der Waals surface area contributed by atoms with Crippen LogP contribution in [0.25, 0.3) is 0 Å². The van der Waals surface area contributed by atoms with Gasteiger partial charge >= 0.3 is 18.2 Å². The van der Waals surface area contributed by atoms with Gasteiger partial charge in [-0.3, -0.25) is 4.79 Å². The number of likely N-dealkylation sites (N-methyl/N-ethyl adjacent to an activating group) is 1. The maximum Gasteiger partial charge on any atom is 0.471 e. The van der Waals surface area contributed by atoms with Crippen molar-refractivity contribution in [3.05, 3.63) is 46.5 Å². The summed E-state index contributed by atoms with van der Waals surface area (Å²) in [5.74, 6) is -2.04. The minimum atomic E-state index is -5.08. The molecule has 0 aliphatic heterocycles. The predicted molar refractivity (Wildman–Crippen MR) is 111 cm³/mol. The summed E-state index contributed by atoms with van der Waals surface area (Å²) in [5.41, 5.74) is -1.65. The lowest BCUT2D eigenvalue weighted by atomic mass is 9.63. The van der Waals surface area contributed by atoms with Crippen LogP contribution in [0.1, 0.15) is 32.8 Å². The zero-order chi connectivity index (χ0) is 23.5. The molecule has 5 nitrogen and oxygen atoms in total. The number of nitrogens with zero attached hydrogens (tertiary/aromatic N) is 1. The van der Waals surface area contributed by atoms with Gasteiger partial charge in [0.05, 0.1) is 10.0 Å². The van der Waals surface area contributed by atoms with E-state index in [1.807, 2.05) is 0 Å². The van der Waals surface area contributed by atoms with Gasteiger partial charge in [0.15, 0.2) is 0 Å². The number of hydrogen-bond donors (Lipinski definition) is 2. The van der Waals surface area contributed by atoms with Crippen LogP contribution >= 0.6 is 23.2 Å². The summed E-state index contributed by atoms with van der Waals surface area (Å²) in [6.07, 6.45) is -4.91. The first-order valence-corrected chi connectivity index (χ1v) is 9.70. The summed E-state index contributed by atoms with van der Waals surface area (Å²) >= 11 is 12.2. The molecule has 0 saturated carbocycles. The zero-order valence-electron chi connectivity index (χ0n) is 17.1. The van der Waals surface area contributed by atoms with Crippen molar-refractivity contribution in [2.75, 3.05) is 13.6 Å². The number of allylic oxidation sites excluding steroid dienone is 1. The molecule has 1 rings (SSSR count). The third kappa shape index (κ3) is 6.04. The van der Waals surface area contributed by atoms with Crippen molar-refractivity contribution in [2.45, 2.75) is 44.8 Å². The molecule has 2 N–H and O–H groups in total. The van der Waals surface area contributed by atoms with Crippen molar-refractivity contribution in [2.24, 2.45) is 5.41 Å². The predicted octanol–water partition coefficient (Wildman–Crippen LogP) is 5.51. The number of nitrogens with one attached hydrogen (secondary N) is 1. The van der Waals surface area contributed by atoms with E-state index in [-0.39, 0.29) is 16.5 Å². The summed E-state index contributed by atoms with van der Waals surface area (Å²) in [6.45, 7) is 8.48. The van der Waals surface area contributed by atoms with Crippen molar-refractivity contribution in [3.8, 4) is 0 Å². The number of rotatable bonds is 7. The van der Waals surface area contributed by atoms with Gasteiger partial charge in [-0.15, -0.1) is 6.58 Å². The van der Waals surface area contributed by atoms with Crippen LogP contribution in [-0.4, -0.2) is 47.8 Å². The molecule has 0 aliphatic rings. The molecule has 2 atom stereocenters. The first kappa shape index (κ1) is 26.1. The van der Waals surface area contributed by atoms with Gasteiger partial charge in [-0.05, 0) is 29.5 Å². The van der Waals surface area contributed by atoms with E-state index in [1.165, 1.54) is 18.2 Å². The normalized spacial score (nSPS) is 15.1. The number of carbonyl (C=O) groups is 2. The lowest BCUT2D eigenvalue weighted by Crippen LogP contribution is -2.61. The Morgan fingerprint density at radius 2 is 1.80 bits per heavy atom. The molecule has 0 fully saturated rings. The SMILES string of the molecule is C=CCC(CN(C)C(=O)C(F)(F)F)(c1ccc(Cl)c(Cl)c1)C(NC(=O)O)C(C)(C)C. The highest BCUT2D eigenvalue weighted by molar-refractivity contribution is 6.42. The van der Waals surface area contributed by atoms with Crippen molar-refractivity contribution in [3.63, 3.8) is 0 Å². The lowest BCUT2D eigenvalue weighted by molar-refractivity contribution is -0.185. The number of amides is 2. The molecule has 1 aromatic rings. The van der Waals surface area contributed by atoms with Crippen molar-refractivity contribution in [1.82, 2.24) is 10.2 Å². The smallest absolute Gasteiger partial charge is 0.465 e. The number of benzene rings is 1. The molecule has 0 aliphatic carbocycles. The highest BCUT2D eigenvalue weighted by atomic mass is 35.5. The molecule has 1 aromatic carbocycles. The van der Waals surface area contributed by atoms with Crippen molar-refractivity contribution >= 4 is 35.2 Å². The van der Waals surface area contributed by atoms with E-state index in [2.05, 4.69) is 11.9 Å². The highest BCUT2D eigenvalue weighted by Crippen LogP contribution is 2.43. The lowest BCUT2D eigenvalue weighted by Gasteiger charge is -2.48. The Bertz CT molecular complexity index is 809. The number of carbonyl (C=O) groups excluding carboxylic acids is 1. The van der Waals surface area contributed by atoms with E-state index in [1.54, 1.807) is 26.8 Å². The average molecular weight is 469 g/mol. The first-order chi connectivity index (χ1) is 13.6. The quantitative estimate of drug-likeness (QED) is 0.518. The van der Waals surface area contributed by atoms with Crippen LogP contribution in [0.5, 0.6) is 0 Å². The van der Waals surface area contributed by atoms with E-state index in [9.17, 15) is 27.9 Å². The van der Waals surface area contributed by atoms with Crippen LogP contribution in [-0.2, 0) is 10.2 Å². The number of halogens is 5. The zero-order valence-corrected chi connectivity index (χ0v) is 18.6. The van der Waals surface area contributed by atoms with Gasteiger partial charge in [0.2, 0.25) is 0 Å². The van der Waals surface area contributed by atoms with Gasteiger partial charge in [-0.2, -0.15) is 13.2 Å². The monoisotopic (exact) mass is 468 g/mol. The van der Waals surface area contributed by atoms with Crippen LogP contribution in [0.3, 0.4) is 0 Å². The molecule has 0 heterocycles. The maximum atomic E-state index is 13.1. The maximum absolute atomic E-state index is 13.1. The summed E-state index contributed by atoms with van der Waals surface area (Å²) in [7, 11) is 1.02. The van der Waals surface area contributed by atoms with Crippen molar-refractivity contribution in [1.29, 1.82) is 0 Å². The second-order valence-corrected chi connectivity index (χ2v) is 9.00. The Morgan fingerprint density at radius 3 is 2.20 bits per heavy atom. The fourth-order valence-corrected chi connectivity index (χ4v) is 4.03. The van der Waals surface area contributed by atoms with Gasteiger partial charge in [0.25, 0.3) is 0 Å². The average Bonchev–Trinajstić information content (AvgIpc) is 2.59. The molecule has 2 amide bonds. The van der Waals surface area contributed by atoms with Crippen LogP contribution < -0.4 is 5.32 Å². The second kappa shape index (κ2) is 9.47. The molecule has 168 valence electrons. The van der Waals surface area contributed by atoms with Gasteiger partial charge < -0.3 is 15.3 Å². The van der Waals surface area contributed by atoms with Crippen molar-refractivity contribution < 1.29 is 27.9 Å². The molecule has 0 saturated heterocycles. The fourth-order valence-electron chi connectivity index (χ4n) is 3.73. The Kier molecular flexibility index (Phi) is 8.24. The van der Waals surface area contributed by atoms with Crippen LogP contribution in [0, 0.1) is 5.41 Å². The van der Waals surface area contributed by atoms with Crippen LogP contribution in [0.4, 0.5) is 18.0 Å². The van der Waals surface area contributed by atoms with Crippen LogP contribution in [0.2, 0.25) is 10.0 Å². The molecule has 0 aromatic heterocycles. The molecule has 10 heteroatoms. The molecule has 0 bridgehead atoms. The minimum Gasteiger partial charge on any atom is -0.465 e. The van der Waals surface area contributed by atoms with Gasteiger partial charge in [0.1, 0.15) is 0 Å². The highest BCUT2D eigenvalue weighted by Gasteiger charge is 2.50. The summed E-state index contributed by atoms with van der Waals surface area (Å²) in [4.78, 5) is 24.0. The fraction of sp³-hybridized carbons (Fsp3) is 0.500. The molecule has 30 heavy (non-hydrogen) atoms. The van der Waals surface area contributed by atoms with E-state index in [0.717, 1.165) is 7.05 Å². The van der Waals surface area contributed by atoms with E-state index >= 15 is 0 Å². The summed E-state index contributed by atoms with van der Waals surface area (Å²) < 4.78 is 39.2. The Balaban J connectivity index is 3.79. The summed E-state index contributed by atoms with van der Waals surface area (Å²) in [5, 5.41) is 12.3. The molecule has 2 unspecified atom stereocenters. The standard InChI is InChI=1S/C20H25Cl2F3N2O3/c1-6-9-19(11-27(5)16(28)20(23,24)25,12-7-8-13(21)14(22)10-12)15(18(2,3)4)26-17(29)30/h6-8,10,15,26H,1,9,11H2,2-5H3,(H,29,30). The Morgan fingerprint density at radius 1 is 1.23 bits per heavy atom. The Labute approximate surface area is 183 Å². The van der Waals surface area contributed by atoms with Gasteiger partial charge in [-0.1, -0.05) is 56.1 Å². The van der Waals surface area contributed by atoms with E-state index in [0.29, 0.717) is 10.5 Å². The second-order valence-electron chi connectivity index (χ2n) is 8.19. The van der Waals surface area contributed by atoms with Crippen LogP contribution in [0.15, 0.2) is 30.9 Å². The first-order valence-electron chi connectivity index (χ1n) is 8.94. The summed E-state index contributed by atoms with van der Waals surface area (Å²) in [6, 6.07) is 3.59. The topological polar surface area (TPSA) is 69.6 Å². The number of hydrogen-bond acceptors (Lipinski definition) is 2. The largest absolute Gasteiger partial charge is 0.471 e. The molecular formula is C20H25Cl2F3N2O3. The van der Waals surface area contributed by atoms with E-state index < -0.39 is 41.6 Å².